The van der Waals surface area contributed by atoms with Crippen molar-refractivity contribution in [2.24, 2.45) is 5.92 Å². The minimum Gasteiger partial charge on any atom is -0.463 e. The van der Waals surface area contributed by atoms with Gasteiger partial charge in [0.2, 0.25) is 0 Å². The number of furan rings is 1. The van der Waals surface area contributed by atoms with Gasteiger partial charge in [-0.25, -0.2) is 0 Å². The smallest absolute Gasteiger partial charge is 0.120 e. The van der Waals surface area contributed by atoms with Crippen LogP contribution < -0.4 is 5.32 Å². The van der Waals surface area contributed by atoms with Crippen LogP contribution in [0.25, 0.3) is 0 Å². The SMILES string of the molecule is COC1CCCN(Cc2cc(C)c(CNCC(C)C)o2)C1. The molecule has 1 aliphatic heterocycles. The number of nitrogens with zero attached hydrogens (tertiary/aromatic N) is 1. The molecule has 0 spiro atoms. The van der Waals surface area contributed by atoms with Gasteiger partial charge in [-0.1, -0.05) is 13.8 Å². The highest BCUT2D eigenvalue weighted by Gasteiger charge is 2.20. The predicted octanol–water partition coefficient (Wildman–Crippen LogP) is 2.94. The number of rotatable bonds is 7. The molecule has 0 amide bonds. The number of aryl methyl sites for hydroxylation is 1. The Morgan fingerprint density at radius 3 is 3.00 bits per heavy atom. The molecule has 0 saturated carbocycles. The van der Waals surface area contributed by atoms with Crippen molar-refractivity contribution >= 4 is 0 Å². The van der Waals surface area contributed by atoms with E-state index in [0.717, 1.165) is 44.2 Å². The summed E-state index contributed by atoms with van der Waals surface area (Å²) in [6.07, 6.45) is 2.76. The van der Waals surface area contributed by atoms with E-state index in [1.165, 1.54) is 18.4 Å². The van der Waals surface area contributed by atoms with Crippen molar-refractivity contribution in [3.63, 3.8) is 0 Å². The lowest BCUT2D eigenvalue weighted by atomic mass is 10.1. The quantitative estimate of drug-likeness (QED) is 0.839. The molecule has 0 aliphatic carbocycles. The molecule has 1 atom stereocenters. The first-order chi connectivity index (χ1) is 10.1. The van der Waals surface area contributed by atoms with E-state index in [4.69, 9.17) is 9.15 Å². The highest BCUT2D eigenvalue weighted by Crippen LogP contribution is 2.19. The van der Waals surface area contributed by atoms with Crippen molar-refractivity contribution < 1.29 is 9.15 Å². The van der Waals surface area contributed by atoms with Gasteiger partial charge in [-0.3, -0.25) is 4.90 Å². The molecular formula is C17H30N2O2. The monoisotopic (exact) mass is 294 g/mol. The minimum absolute atomic E-state index is 0.377. The van der Waals surface area contributed by atoms with E-state index in [1.807, 2.05) is 7.11 Å². The van der Waals surface area contributed by atoms with E-state index in [0.29, 0.717) is 12.0 Å². The summed E-state index contributed by atoms with van der Waals surface area (Å²) in [5.74, 6) is 2.82. The topological polar surface area (TPSA) is 37.6 Å². The van der Waals surface area contributed by atoms with Crippen molar-refractivity contribution in [2.45, 2.75) is 52.8 Å². The standard InChI is InChI=1S/C17H30N2O2/c1-13(2)9-18-10-17-14(3)8-16(21-17)12-19-7-5-6-15(11-19)20-4/h8,13,15,18H,5-7,9-12H2,1-4H3. The van der Waals surface area contributed by atoms with Gasteiger partial charge in [0, 0.05) is 13.7 Å². The Balaban J connectivity index is 1.86. The second-order valence-electron chi connectivity index (χ2n) is 6.58. The number of methoxy groups -OCH3 is 1. The molecule has 1 unspecified atom stereocenters. The predicted molar refractivity (Wildman–Crippen MR) is 85.3 cm³/mol. The summed E-state index contributed by atoms with van der Waals surface area (Å²) in [7, 11) is 1.81. The maximum atomic E-state index is 6.02. The van der Waals surface area contributed by atoms with Gasteiger partial charge in [0.25, 0.3) is 0 Å². The Morgan fingerprint density at radius 1 is 1.48 bits per heavy atom. The number of hydrogen-bond donors (Lipinski definition) is 1. The van der Waals surface area contributed by atoms with Crippen LogP contribution in [0.1, 0.15) is 43.8 Å². The zero-order valence-electron chi connectivity index (χ0n) is 13.9. The van der Waals surface area contributed by atoms with E-state index in [1.54, 1.807) is 0 Å². The second-order valence-corrected chi connectivity index (χ2v) is 6.58. The van der Waals surface area contributed by atoms with Gasteiger partial charge in [-0.15, -0.1) is 0 Å². The van der Waals surface area contributed by atoms with Crippen LogP contribution in [0.15, 0.2) is 10.5 Å². The first kappa shape index (κ1) is 16.5. The van der Waals surface area contributed by atoms with Gasteiger partial charge < -0.3 is 14.5 Å². The lowest BCUT2D eigenvalue weighted by molar-refractivity contribution is 0.0262. The largest absolute Gasteiger partial charge is 0.463 e. The van der Waals surface area contributed by atoms with Gasteiger partial charge in [-0.05, 0) is 50.4 Å². The Kier molecular flexibility index (Phi) is 6.27. The number of nitrogens with one attached hydrogen (secondary N) is 1. The summed E-state index contributed by atoms with van der Waals surface area (Å²) in [4.78, 5) is 2.43. The molecule has 1 aliphatic rings. The van der Waals surface area contributed by atoms with Crippen LogP contribution >= 0.6 is 0 Å². The third-order valence-electron chi connectivity index (χ3n) is 4.08. The van der Waals surface area contributed by atoms with Crippen LogP contribution in [0.4, 0.5) is 0 Å². The lowest BCUT2D eigenvalue weighted by Crippen LogP contribution is -2.38. The minimum atomic E-state index is 0.377. The van der Waals surface area contributed by atoms with Crippen LogP contribution in [0.2, 0.25) is 0 Å². The molecule has 4 nitrogen and oxygen atoms in total. The van der Waals surface area contributed by atoms with E-state index in [-0.39, 0.29) is 0 Å². The van der Waals surface area contributed by atoms with Crippen molar-refractivity contribution in [3.8, 4) is 0 Å². The molecule has 0 radical (unpaired) electrons. The van der Waals surface area contributed by atoms with Crippen LogP contribution in [0.3, 0.4) is 0 Å². The number of piperidine rings is 1. The van der Waals surface area contributed by atoms with E-state index in [2.05, 4.69) is 37.1 Å². The number of ether oxygens (including phenoxy) is 1. The highest BCUT2D eigenvalue weighted by molar-refractivity contribution is 5.20. The van der Waals surface area contributed by atoms with E-state index in [9.17, 15) is 0 Å². The van der Waals surface area contributed by atoms with E-state index < -0.39 is 0 Å². The van der Waals surface area contributed by atoms with Crippen LogP contribution in [0, 0.1) is 12.8 Å². The molecule has 0 bridgehead atoms. The molecule has 1 aromatic heterocycles. The molecule has 2 heterocycles. The summed E-state index contributed by atoms with van der Waals surface area (Å²) in [6.45, 7) is 11.5. The molecular weight excluding hydrogens is 264 g/mol. The zero-order valence-corrected chi connectivity index (χ0v) is 13.9. The Labute approximate surface area is 128 Å². The van der Waals surface area contributed by atoms with Crippen molar-refractivity contribution in [3.05, 3.63) is 23.2 Å². The fraction of sp³-hybridized carbons (Fsp3) is 0.765. The summed E-state index contributed by atoms with van der Waals surface area (Å²) in [5, 5.41) is 3.45. The molecule has 0 aromatic carbocycles. The van der Waals surface area contributed by atoms with Crippen molar-refractivity contribution in [1.29, 1.82) is 0 Å². The summed E-state index contributed by atoms with van der Waals surface area (Å²) in [5.41, 5.74) is 1.25. The van der Waals surface area contributed by atoms with Gasteiger partial charge in [0.1, 0.15) is 11.5 Å². The molecule has 1 fully saturated rings. The Morgan fingerprint density at radius 2 is 2.29 bits per heavy atom. The van der Waals surface area contributed by atoms with Gasteiger partial charge >= 0.3 is 0 Å². The summed E-state index contributed by atoms with van der Waals surface area (Å²) >= 11 is 0. The fourth-order valence-electron chi connectivity index (χ4n) is 2.89. The van der Waals surface area contributed by atoms with Crippen molar-refractivity contribution in [2.75, 3.05) is 26.7 Å². The zero-order chi connectivity index (χ0) is 15.2. The number of likely N-dealkylation sites (tertiary alicyclic amines) is 1. The van der Waals surface area contributed by atoms with Crippen LogP contribution in [0.5, 0.6) is 0 Å². The van der Waals surface area contributed by atoms with Gasteiger partial charge in [-0.2, -0.15) is 0 Å². The Hall–Kier alpha value is -0.840. The lowest BCUT2D eigenvalue weighted by Gasteiger charge is -2.31. The van der Waals surface area contributed by atoms with E-state index >= 15 is 0 Å². The maximum absolute atomic E-state index is 6.02. The van der Waals surface area contributed by atoms with Crippen molar-refractivity contribution in [1.82, 2.24) is 10.2 Å². The number of hydrogen-bond acceptors (Lipinski definition) is 4. The molecule has 1 aromatic rings. The molecule has 120 valence electrons. The molecule has 1 N–H and O–H groups in total. The third-order valence-corrected chi connectivity index (χ3v) is 4.08. The molecule has 2 rings (SSSR count). The maximum Gasteiger partial charge on any atom is 0.120 e. The normalized spacial score (nSPS) is 20.3. The van der Waals surface area contributed by atoms with Crippen LogP contribution in [-0.4, -0.2) is 37.7 Å². The summed E-state index contributed by atoms with van der Waals surface area (Å²) in [6, 6.07) is 2.18. The molecule has 21 heavy (non-hydrogen) atoms. The molecule has 1 saturated heterocycles. The molecule has 4 heteroatoms. The third kappa shape index (κ3) is 5.13. The van der Waals surface area contributed by atoms with Crippen LogP contribution in [-0.2, 0) is 17.8 Å². The second kappa shape index (κ2) is 7.97. The average molecular weight is 294 g/mol. The first-order valence-electron chi connectivity index (χ1n) is 8.12. The average Bonchev–Trinajstić information content (AvgIpc) is 2.79. The van der Waals surface area contributed by atoms with Gasteiger partial charge in [0.05, 0.1) is 19.2 Å². The summed E-state index contributed by atoms with van der Waals surface area (Å²) < 4.78 is 11.5. The highest BCUT2D eigenvalue weighted by atomic mass is 16.5. The fourth-order valence-corrected chi connectivity index (χ4v) is 2.89. The van der Waals surface area contributed by atoms with Gasteiger partial charge in [0.15, 0.2) is 0 Å². The first-order valence-corrected chi connectivity index (χ1v) is 8.12. The Bertz CT molecular complexity index is 428.